The number of fused-ring (bicyclic) bond motifs is 3. The van der Waals surface area contributed by atoms with E-state index >= 15 is 0 Å². The van der Waals surface area contributed by atoms with E-state index in [1.54, 1.807) is 24.3 Å². The number of carbonyl (C=O) groups excluding carboxylic acids is 5. The lowest BCUT2D eigenvalue weighted by atomic mass is 9.93. The summed E-state index contributed by atoms with van der Waals surface area (Å²) in [6.45, 7) is 5.38. The van der Waals surface area contributed by atoms with Crippen molar-refractivity contribution in [3.8, 4) is 11.1 Å². The zero-order chi connectivity index (χ0) is 33.1. The van der Waals surface area contributed by atoms with E-state index < -0.39 is 23.9 Å². The van der Waals surface area contributed by atoms with Gasteiger partial charge in [0.25, 0.3) is 11.8 Å². The van der Waals surface area contributed by atoms with Gasteiger partial charge < -0.3 is 19.3 Å². The van der Waals surface area contributed by atoms with Gasteiger partial charge in [0.15, 0.2) is 11.6 Å². The Balaban J connectivity index is 1.49. The van der Waals surface area contributed by atoms with Crippen LogP contribution in [0.5, 0.6) is 0 Å². The number of hydrogen-bond acceptors (Lipinski definition) is 10. The van der Waals surface area contributed by atoms with Gasteiger partial charge >= 0.3 is 6.16 Å². The van der Waals surface area contributed by atoms with Crippen LogP contribution in [0.15, 0.2) is 36.4 Å². The van der Waals surface area contributed by atoms with Crippen LogP contribution in [0.25, 0.3) is 11.1 Å². The molecule has 1 saturated heterocycles. The van der Waals surface area contributed by atoms with Crippen LogP contribution in [-0.2, 0) is 28.6 Å². The standard InChI is InChI=1S/C35H43NO10/c1-3-4-17-43-18-5-7-31(38)24-9-11-26-27-12-10-25(32(39)8-6-19-44-23(2)15-16-37)21-29(27)30(28(26)20-24)22-45-35(42)46-36-33(40)13-14-34(36)41/h9-12,20-21,23,30,37H,3-8,13-19,22H2,1-2H3. The van der Waals surface area contributed by atoms with Gasteiger partial charge in [-0.05, 0) is 67.0 Å². The van der Waals surface area contributed by atoms with E-state index in [2.05, 4.69) is 6.92 Å². The molecule has 0 radical (unpaired) electrons. The van der Waals surface area contributed by atoms with Gasteiger partial charge in [0, 0.05) is 69.2 Å². The Morgan fingerprint density at radius 2 is 1.43 bits per heavy atom. The minimum Gasteiger partial charge on any atom is -0.432 e. The number of aliphatic hydroxyl groups is 1. The molecule has 11 nitrogen and oxygen atoms in total. The van der Waals surface area contributed by atoms with Crippen molar-refractivity contribution in [3.63, 3.8) is 0 Å². The Kier molecular flexibility index (Phi) is 13.0. The molecule has 2 amide bonds. The quantitative estimate of drug-likeness (QED) is 0.0901. The summed E-state index contributed by atoms with van der Waals surface area (Å²) >= 11 is 0. The molecule has 1 heterocycles. The Labute approximate surface area is 269 Å². The van der Waals surface area contributed by atoms with E-state index in [0.29, 0.717) is 61.7 Å². The van der Waals surface area contributed by atoms with Crippen LogP contribution in [-0.4, -0.2) is 78.8 Å². The molecule has 0 spiro atoms. The molecule has 11 heteroatoms. The molecule has 2 aromatic rings. The van der Waals surface area contributed by atoms with Gasteiger partial charge in [-0.3, -0.25) is 24.0 Å². The van der Waals surface area contributed by atoms with E-state index in [-0.39, 0.29) is 50.1 Å². The summed E-state index contributed by atoms with van der Waals surface area (Å²) in [5, 5.41) is 9.46. The van der Waals surface area contributed by atoms with Gasteiger partial charge in [0.2, 0.25) is 0 Å². The minimum atomic E-state index is -1.20. The Morgan fingerprint density at radius 3 is 2.00 bits per heavy atom. The molecule has 2 atom stereocenters. The first-order valence-electron chi connectivity index (χ1n) is 16.1. The molecule has 2 aliphatic rings. The zero-order valence-electron chi connectivity index (χ0n) is 26.6. The van der Waals surface area contributed by atoms with Crippen LogP contribution < -0.4 is 0 Å². The topological polar surface area (TPSA) is 146 Å². The molecule has 0 saturated carbocycles. The number of Topliss-reactive ketones (excluding diaryl/α,β-unsaturated/α-hetero) is 2. The smallest absolute Gasteiger partial charge is 0.432 e. The van der Waals surface area contributed by atoms with Crippen LogP contribution in [0.3, 0.4) is 0 Å². The molecule has 248 valence electrons. The van der Waals surface area contributed by atoms with Gasteiger partial charge in [-0.2, -0.15) is 0 Å². The van der Waals surface area contributed by atoms with Gasteiger partial charge in [-0.1, -0.05) is 42.7 Å². The number of aliphatic hydroxyl groups excluding tert-OH is 1. The van der Waals surface area contributed by atoms with Crippen LogP contribution in [0.1, 0.15) is 109 Å². The molecule has 1 N–H and O–H groups in total. The summed E-state index contributed by atoms with van der Waals surface area (Å²) < 4.78 is 16.6. The minimum absolute atomic E-state index is 0.0330. The highest BCUT2D eigenvalue weighted by Gasteiger charge is 2.35. The van der Waals surface area contributed by atoms with Crippen molar-refractivity contribution >= 4 is 29.5 Å². The van der Waals surface area contributed by atoms with Gasteiger partial charge in [-0.15, -0.1) is 0 Å². The highest BCUT2D eigenvalue weighted by atomic mass is 16.8. The van der Waals surface area contributed by atoms with Gasteiger partial charge in [0.1, 0.15) is 6.61 Å². The number of ketones is 2. The van der Waals surface area contributed by atoms with Crippen LogP contribution >= 0.6 is 0 Å². The highest BCUT2D eigenvalue weighted by molar-refractivity contribution is 6.01. The van der Waals surface area contributed by atoms with E-state index in [4.69, 9.17) is 24.2 Å². The summed E-state index contributed by atoms with van der Waals surface area (Å²) in [6.07, 6.45) is 2.90. The highest BCUT2D eigenvalue weighted by Crippen LogP contribution is 2.46. The summed E-state index contributed by atoms with van der Waals surface area (Å²) in [4.78, 5) is 67.4. The molecule has 0 aromatic heterocycles. The summed E-state index contributed by atoms with van der Waals surface area (Å²) in [5.74, 6) is -1.86. The first-order valence-corrected chi connectivity index (χ1v) is 16.1. The number of ether oxygens (including phenoxy) is 3. The maximum Gasteiger partial charge on any atom is 0.533 e. The summed E-state index contributed by atoms with van der Waals surface area (Å²) in [7, 11) is 0. The molecular formula is C35H43NO10. The number of hydroxylamine groups is 2. The molecule has 1 aliphatic carbocycles. The Bertz CT molecular complexity index is 1400. The van der Waals surface area contributed by atoms with E-state index in [0.717, 1.165) is 35.1 Å². The van der Waals surface area contributed by atoms with Crippen molar-refractivity contribution in [3.05, 3.63) is 58.7 Å². The number of hydrogen-bond donors (Lipinski definition) is 1. The van der Waals surface area contributed by atoms with Crippen LogP contribution in [0, 0.1) is 0 Å². The first kappa shape index (κ1) is 34.9. The average Bonchev–Trinajstić information content (AvgIpc) is 3.53. The van der Waals surface area contributed by atoms with Crippen molar-refractivity contribution in [1.82, 2.24) is 5.06 Å². The lowest BCUT2D eigenvalue weighted by molar-refractivity contribution is -0.177. The predicted molar refractivity (Wildman–Crippen MR) is 167 cm³/mol. The maximum atomic E-state index is 13.1. The largest absolute Gasteiger partial charge is 0.533 e. The fourth-order valence-electron chi connectivity index (χ4n) is 5.55. The molecule has 1 aliphatic heterocycles. The second-order valence-electron chi connectivity index (χ2n) is 11.6. The van der Waals surface area contributed by atoms with Crippen LogP contribution in [0.4, 0.5) is 4.79 Å². The lowest BCUT2D eigenvalue weighted by Gasteiger charge is -2.17. The van der Waals surface area contributed by atoms with Crippen molar-refractivity contribution in [2.45, 2.75) is 83.7 Å². The molecule has 2 aromatic carbocycles. The van der Waals surface area contributed by atoms with E-state index in [1.165, 1.54) is 0 Å². The normalized spacial score (nSPS) is 15.9. The number of unbranched alkanes of at least 4 members (excludes halogenated alkanes) is 1. The van der Waals surface area contributed by atoms with Crippen molar-refractivity contribution in [2.75, 3.05) is 33.0 Å². The molecule has 2 unspecified atom stereocenters. The number of nitrogens with zero attached hydrogens (tertiary/aromatic N) is 1. The monoisotopic (exact) mass is 637 g/mol. The number of rotatable bonds is 19. The van der Waals surface area contributed by atoms with E-state index in [9.17, 15) is 24.0 Å². The summed E-state index contributed by atoms with van der Waals surface area (Å²) in [5.41, 5.74) is 4.23. The van der Waals surface area contributed by atoms with E-state index in [1.807, 2.05) is 19.1 Å². The summed E-state index contributed by atoms with van der Waals surface area (Å²) in [6, 6.07) is 10.9. The second-order valence-corrected chi connectivity index (χ2v) is 11.6. The molecule has 1 fully saturated rings. The van der Waals surface area contributed by atoms with Gasteiger partial charge in [-0.25, -0.2) is 4.79 Å². The SMILES string of the molecule is CCCCOCCCC(=O)c1ccc2c(c1)C(COC(=O)ON1C(=O)CCC1=O)c1cc(C(=O)CCCOC(C)CCO)ccc1-2. The van der Waals surface area contributed by atoms with Crippen molar-refractivity contribution in [2.24, 2.45) is 0 Å². The third kappa shape index (κ3) is 9.08. The lowest BCUT2D eigenvalue weighted by Crippen LogP contribution is -2.32. The zero-order valence-corrected chi connectivity index (χ0v) is 26.6. The molecule has 4 rings (SSSR count). The number of imide groups is 1. The number of carbonyl (C=O) groups is 5. The van der Waals surface area contributed by atoms with Gasteiger partial charge in [0.05, 0.1) is 6.10 Å². The fraction of sp³-hybridized carbons (Fsp3) is 0.514. The molecular weight excluding hydrogens is 594 g/mol. The number of benzene rings is 2. The third-order valence-corrected chi connectivity index (χ3v) is 8.15. The number of amides is 2. The second kappa shape index (κ2) is 17.1. The molecule has 0 bridgehead atoms. The molecule has 46 heavy (non-hydrogen) atoms. The third-order valence-electron chi connectivity index (χ3n) is 8.15. The Morgan fingerprint density at radius 1 is 0.870 bits per heavy atom. The van der Waals surface area contributed by atoms with Crippen molar-refractivity contribution in [1.29, 1.82) is 0 Å². The maximum absolute atomic E-state index is 13.1. The first-order chi connectivity index (χ1) is 22.2. The van der Waals surface area contributed by atoms with Crippen LogP contribution in [0.2, 0.25) is 0 Å². The fourth-order valence-corrected chi connectivity index (χ4v) is 5.55. The Hall–Kier alpha value is -3.93. The average molecular weight is 638 g/mol. The van der Waals surface area contributed by atoms with Crippen molar-refractivity contribution < 1.29 is 48.1 Å². The predicted octanol–water partition coefficient (Wildman–Crippen LogP) is 5.55.